The van der Waals surface area contributed by atoms with Crippen molar-refractivity contribution in [2.24, 2.45) is 5.73 Å². The van der Waals surface area contributed by atoms with Crippen LogP contribution >= 0.6 is 11.6 Å². The number of hydrogen-bond donors (Lipinski definition) is 3. The molecule has 0 radical (unpaired) electrons. The van der Waals surface area contributed by atoms with E-state index < -0.39 is 23.3 Å². The van der Waals surface area contributed by atoms with Crippen LogP contribution in [0.3, 0.4) is 0 Å². The van der Waals surface area contributed by atoms with E-state index >= 15 is 0 Å². The Morgan fingerprint density at radius 3 is 2.43 bits per heavy atom. The van der Waals surface area contributed by atoms with Crippen molar-refractivity contribution in [2.45, 2.75) is 0 Å². The lowest BCUT2D eigenvalue weighted by molar-refractivity contribution is 0.0691. The van der Waals surface area contributed by atoms with E-state index in [1.54, 1.807) is 0 Å². The molecule has 0 bridgehead atoms. The van der Waals surface area contributed by atoms with E-state index in [0.717, 1.165) is 12.1 Å². The van der Waals surface area contributed by atoms with Gasteiger partial charge in [-0.1, -0.05) is 11.6 Å². The topological polar surface area (TPSA) is 92.4 Å². The number of carbonyl (C=O) groups excluding carboxylic acids is 1. The standard InChI is InChI=1S/C14H10ClFN2O3/c15-10-5-7(13(17)19)1-4-12(10)18-8-2-3-9(14(20)21)11(16)6-8/h1-6,18H,(H2,17,19)(H,20,21). The van der Waals surface area contributed by atoms with Crippen LogP contribution in [-0.4, -0.2) is 17.0 Å². The molecule has 4 N–H and O–H groups in total. The fourth-order valence-electron chi connectivity index (χ4n) is 1.69. The second-order valence-corrected chi connectivity index (χ2v) is 4.59. The summed E-state index contributed by atoms with van der Waals surface area (Å²) >= 11 is 5.99. The van der Waals surface area contributed by atoms with Crippen molar-refractivity contribution < 1.29 is 19.1 Å². The van der Waals surface area contributed by atoms with E-state index in [1.165, 1.54) is 24.3 Å². The number of amides is 1. The summed E-state index contributed by atoms with van der Waals surface area (Å²) in [6.07, 6.45) is 0. The van der Waals surface area contributed by atoms with Crippen LogP contribution < -0.4 is 11.1 Å². The molecule has 0 spiro atoms. The zero-order chi connectivity index (χ0) is 15.6. The Hall–Kier alpha value is -2.60. The quantitative estimate of drug-likeness (QED) is 0.809. The van der Waals surface area contributed by atoms with Gasteiger partial charge in [0.05, 0.1) is 16.3 Å². The molecule has 0 atom stereocenters. The zero-order valence-electron chi connectivity index (χ0n) is 10.6. The highest BCUT2D eigenvalue weighted by molar-refractivity contribution is 6.33. The summed E-state index contributed by atoms with van der Waals surface area (Å²) < 4.78 is 13.6. The summed E-state index contributed by atoms with van der Waals surface area (Å²) in [5.74, 6) is -2.82. The molecular weight excluding hydrogens is 299 g/mol. The summed E-state index contributed by atoms with van der Waals surface area (Å²) in [5, 5.41) is 11.8. The summed E-state index contributed by atoms with van der Waals surface area (Å²) in [4.78, 5) is 21.7. The molecule has 2 aromatic carbocycles. The number of nitrogens with two attached hydrogens (primary N) is 1. The van der Waals surface area contributed by atoms with Gasteiger partial charge in [0.15, 0.2) is 0 Å². The summed E-state index contributed by atoms with van der Waals surface area (Å²) in [6.45, 7) is 0. The first kappa shape index (κ1) is 14.8. The van der Waals surface area contributed by atoms with Crippen molar-refractivity contribution in [2.75, 3.05) is 5.32 Å². The van der Waals surface area contributed by atoms with Gasteiger partial charge in [0.1, 0.15) is 5.82 Å². The lowest BCUT2D eigenvalue weighted by atomic mass is 10.1. The predicted octanol–water partition coefficient (Wildman–Crippen LogP) is 3.02. The van der Waals surface area contributed by atoms with Crippen molar-refractivity contribution in [3.63, 3.8) is 0 Å². The fourth-order valence-corrected chi connectivity index (χ4v) is 1.92. The number of halogens is 2. The van der Waals surface area contributed by atoms with Crippen molar-refractivity contribution in [3.05, 3.63) is 58.4 Å². The van der Waals surface area contributed by atoms with E-state index in [4.69, 9.17) is 22.4 Å². The molecule has 0 unspecified atom stereocenters. The lowest BCUT2D eigenvalue weighted by Crippen LogP contribution is -2.10. The van der Waals surface area contributed by atoms with Crippen molar-refractivity contribution >= 4 is 34.9 Å². The number of carboxylic acids is 1. The van der Waals surface area contributed by atoms with Crippen molar-refractivity contribution in [3.8, 4) is 0 Å². The predicted molar refractivity (Wildman–Crippen MR) is 76.6 cm³/mol. The molecule has 2 aromatic rings. The molecule has 0 aliphatic carbocycles. The molecule has 0 saturated carbocycles. The third kappa shape index (κ3) is 3.29. The Labute approximate surface area is 124 Å². The summed E-state index contributed by atoms with van der Waals surface area (Å²) in [7, 11) is 0. The number of carboxylic acid groups (broad SMARTS) is 1. The minimum Gasteiger partial charge on any atom is -0.478 e. The van der Waals surface area contributed by atoms with Gasteiger partial charge in [-0.3, -0.25) is 4.79 Å². The molecule has 5 nitrogen and oxygen atoms in total. The van der Waals surface area contributed by atoms with Gasteiger partial charge in [-0.15, -0.1) is 0 Å². The average Bonchev–Trinajstić information content (AvgIpc) is 2.40. The maximum absolute atomic E-state index is 13.6. The van der Waals surface area contributed by atoms with Crippen LogP contribution in [0.1, 0.15) is 20.7 Å². The first-order valence-corrected chi connectivity index (χ1v) is 6.15. The monoisotopic (exact) mass is 308 g/mol. The molecule has 0 aromatic heterocycles. The SMILES string of the molecule is NC(=O)c1ccc(Nc2ccc(C(=O)O)c(F)c2)c(Cl)c1. The molecule has 0 aliphatic rings. The van der Waals surface area contributed by atoms with Crippen LogP contribution in [0.2, 0.25) is 5.02 Å². The number of anilines is 2. The van der Waals surface area contributed by atoms with Gasteiger partial charge in [-0.05, 0) is 36.4 Å². The van der Waals surface area contributed by atoms with Crippen LogP contribution in [0.4, 0.5) is 15.8 Å². The number of primary amides is 1. The summed E-state index contributed by atoms with van der Waals surface area (Å²) in [5.41, 5.74) is 5.71. The van der Waals surface area contributed by atoms with E-state index in [0.29, 0.717) is 11.4 Å². The molecule has 108 valence electrons. The largest absolute Gasteiger partial charge is 0.478 e. The highest BCUT2D eigenvalue weighted by atomic mass is 35.5. The highest BCUT2D eigenvalue weighted by Crippen LogP contribution is 2.27. The molecule has 0 aliphatic heterocycles. The second-order valence-electron chi connectivity index (χ2n) is 4.18. The van der Waals surface area contributed by atoms with Crippen LogP contribution in [0.15, 0.2) is 36.4 Å². The Balaban J connectivity index is 2.28. The maximum Gasteiger partial charge on any atom is 0.338 e. The van der Waals surface area contributed by atoms with E-state index in [9.17, 15) is 14.0 Å². The van der Waals surface area contributed by atoms with Gasteiger partial charge in [0.25, 0.3) is 0 Å². The number of benzene rings is 2. The molecule has 0 saturated heterocycles. The van der Waals surface area contributed by atoms with Crippen LogP contribution in [-0.2, 0) is 0 Å². The first-order chi connectivity index (χ1) is 9.88. The number of carbonyl (C=O) groups is 2. The molecule has 21 heavy (non-hydrogen) atoms. The van der Waals surface area contributed by atoms with E-state index in [2.05, 4.69) is 5.32 Å². The van der Waals surface area contributed by atoms with E-state index in [1.807, 2.05) is 0 Å². The lowest BCUT2D eigenvalue weighted by Gasteiger charge is -2.10. The first-order valence-electron chi connectivity index (χ1n) is 5.77. The zero-order valence-corrected chi connectivity index (χ0v) is 11.3. The molecule has 2 rings (SSSR count). The van der Waals surface area contributed by atoms with Gasteiger partial charge in [-0.25, -0.2) is 9.18 Å². The number of hydrogen-bond acceptors (Lipinski definition) is 3. The van der Waals surface area contributed by atoms with Crippen molar-refractivity contribution in [1.82, 2.24) is 0 Å². The Morgan fingerprint density at radius 2 is 1.90 bits per heavy atom. The van der Waals surface area contributed by atoms with Gasteiger partial charge in [-0.2, -0.15) is 0 Å². The molecule has 7 heteroatoms. The van der Waals surface area contributed by atoms with E-state index in [-0.39, 0.29) is 10.6 Å². The Bertz CT molecular complexity index is 734. The number of nitrogens with one attached hydrogen (secondary N) is 1. The second kappa shape index (κ2) is 5.80. The van der Waals surface area contributed by atoms with Crippen LogP contribution in [0.5, 0.6) is 0 Å². The van der Waals surface area contributed by atoms with Gasteiger partial charge in [0, 0.05) is 11.3 Å². The maximum atomic E-state index is 13.6. The third-order valence-corrected chi connectivity index (χ3v) is 3.04. The average molecular weight is 309 g/mol. The van der Waals surface area contributed by atoms with Gasteiger partial charge in [0.2, 0.25) is 5.91 Å². The van der Waals surface area contributed by atoms with Crippen molar-refractivity contribution in [1.29, 1.82) is 0 Å². The molecule has 0 heterocycles. The minimum atomic E-state index is -1.34. The molecule has 1 amide bonds. The van der Waals surface area contributed by atoms with Gasteiger partial charge < -0.3 is 16.2 Å². The Kier molecular flexibility index (Phi) is 4.09. The van der Waals surface area contributed by atoms with Gasteiger partial charge >= 0.3 is 5.97 Å². The number of rotatable bonds is 4. The van der Waals surface area contributed by atoms with Crippen LogP contribution in [0.25, 0.3) is 0 Å². The smallest absolute Gasteiger partial charge is 0.338 e. The molecule has 0 fully saturated rings. The van der Waals surface area contributed by atoms with Crippen LogP contribution in [0, 0.1) is 5.82 Å². The number of aromatic carboxylic acids is 1. The summed E-state index contributed by atoms with van der Waals surface area (Å²) in [6, 6.07) is 7.97. The third-order valence-electron chi connectivity index (χ3n) is 2.73. The molecular formula is C14H10ClFN2O3. The Morgan fingerprint density at radius 1 is 1.19 bits per heavy atom. The normalized spacial score (nSPS) is 10.2. The minimum absolute atomic E-state index is 0.231. The fraction of sp³-hybridized carbons (Fsp3) is 0. The highest BCUT2D eigenvalue weighted by Gasteiger charge is 2.11.